The first-order valence-electron chi connectivity index (χ1n) is 6.99. The first-order valence-corrected chi connectivity index (χ1v) is 8.04. The Morgan fingerprint density at radius 1 is 1.15 bits per heavy atom. The maximum atomic E-state index is 11.7. The molecule has 0 saturated heterocycles. The predicted octanol–water partition coefficient (Wildman–Crippen LogP) is 4.31. The van der Waals surface area contributed by atoms with Gasteiger partial charge in [0.05, 0.1) is 0 Å². The fraction of sp³-hybridized carbons (Fsp3) is 0.562. The summed E-state index contributed by atoms with van der Waals surface area (Å²) in [5.41, 5.74) is 2.33. The van der Waals surface area contributed by atoms with Crippen LogP contribution in [-0.2, 0) is 17.1 Å². The minimum atomic E-state index is -0.278. The summed E-state index contributed by atoms with van der Waals surface area (Å²) >= 11 is 1.92. The molecule has 1 aromatic rings. The average Bonchev–Trinajstić information content (AvgIpc) is 2.42. The summed E-state index contributed by atoms with van der Waals surface area (Å²) in [6.07, 6.45) is -0.278. The Bertz CT molecular complexity index is 415. The van der Waals surface area contributed by atoms with Crippen molar-refractivity contribution in [3.05, 3.63) is 35.4 Å². The van der Waals surface area contributed by atoms with Crippen molar-refractivity contribution >= 4 is 17.9 Å². The minimum absolute atomic E-state index is 0.151. The number of hydrogen-bond donors (Lipinski definition) is 0. The van der Waals surface area contributed by atoms with Gasteiger partial charge in [0.1, 0.15) is 6.61 Å². The molecular formula is C16H25NO2S. The summed E-state index contributed by atoms with van der Waals surface area (Å²) in [6.45, 7) is 8.64. The fourth-order valence-corrected chi connectivity index (χ4v) is 2.17. The van der Waals surface area contributed by atoms with Crippen LogP contribution < -0.4 is 0 Å². The van der Waals surface area contributed by atoms with Crippen molar-refractivity contribution in [2.24, 2.45) is 0 Å². The van der Waals surface area contributed by atoms with Crippen molar-refractivity contribution in [3.63, 3.8) is 0 Å². The molecule has 0 aromatic heterocycles. The van der Waals surface area contributed by atoms with Gasteiger partial charge in [0.2, 0.25) is 0 Å². The van der Waals surface area contributed by atoms with Crippen LogP contribution in [0.4, 0.5) is 4.79 Å². The first kappa shape index (κ1) is 16.9. The number of carbonyl (C=O) groups excluding carboxylic acids is 1. The molecule has 0 fully saturated rings. The van der Waals surface area contributed by atoms with Gasteiger partial charge in [-0.25, -0.2) is 4.79 Å². The van der Waals surface area contributed by atoms with E-state index >= 15 is 0 Å². The number of rotatable bonds is 6. The summed E-state index contributed by atoms with van der Waals surface area (Å²) in [5, 5.41) is 0.641. The third-order valence-electron chi connectivity index (χ3n) is 3.03. The molecule has 0 radical (unpaired) electrons. The van der Waals surface area contributed by atoms with Crippen molar-refractivity contribution in [1.82, 2.24) is 4.90 Å². The zero-order valence-corrected chi connectivity index (χ0v) is 13.9. The van der Waals surface area contributed by atoms with Crippen LogP contribution in [0, 0.1) is 0 Å². The number of thioether (sulfide) groups is 1. The molecule has 20 heavy (non-hydrogen) atoms. The molecule has 0 spiro atoms. The van der Waals surface area contributed by atoms with Crippen LogP contribution in [-0.4, -0.2) is 29.3 Å². The number of amides is 1. The normalized spacial score (nSPS) is 10.9. The van der Waals surface area contributed by atoms with Crippen LogP contribution in [0.15, 0.2) is 24.3 Å². The van der Waals surface area contributed by atoms with Gasteiger partial charge in [-0.2, -0.15) is 11.8 Å². The first-order chi connectivity index (χ1) is 9.40. The second-order valence-electron chi connectivity index (χ2n) is 5.44. The molecule has 0 atom stereocenters. The minimum Gasteiger partial charge on any atom is -0.445 e. The average molecular weight is 295 g/mol. The van der Waals surface area contributed by atoms with E-state index in [1.54, 1.807) is 11.9 Å². The summed E-state index contributed by atoms with van der Waals surface area (Å²) in [5.74, 6) is 1.02. The van der Waals surface area contributed by atoms with Crippen molar-refractivity contribution in [2.45, 2.75) is 51.3 Å². The van der Waals surface area contributed by atoms with Gasteiger partial charge < -0.3 is 9.64 Å². The molecule has 3 nitrogen and oxygen atoms in total. The van der Waals surface area contributed by atoms with Gasteiger partial charge in [-0.3, -0.25) is 0 Å². The van der Waals surface area contributed by atoms with Crippen LogP contribution in [0.3, 0.4) is 0 Å². The maximum absolute atomic E-state index is 11.7. The third kappa shape index (κ3) is 5.87. The zero-order valence-electron chi connectivity index (χ0n) is 13.1. The number of benzene rings is 1. The molecule has 0 aliphatic carbocycles. The van der Waals surface area contributed by atoms with E-state index in [2.05, 4.69) is 26.0 Å². The molecule has 0 aliphatic rings. The monoisotopic (exact) mass is 295 g/mol. The summed E-state index contributed by atoms with van der Waals surface area (Å²) < 4.78 is 5.27. The largest absolute Gasteiger partial charge is 0.445 e. The molecule has 4 heteroatoms. The molecule has 1 aromatic carbocycles. The lowest BCUT2D eigenvalue weighted by atomic mass is 10.2. The lowest BCUT2D eigenvalue weighted by Gasteiger charge is -2.20. The van der Waals surface area contributed by atoms with E-state index < -0.39 is 0 Å². The van der Waals surface area contributed by atoms with Gasteiger partial charge in [0, 0.05) is 18.8 Å². The predicted molar refractivity (Wildman–Crippen MR) is 86.0 cm³/mol. The zero-order chi connectivity index (χ0) is 15.1. The molecular weight excluding hydrogens is 270 g/mol. The summed E-state index contributed by atoms with van der Waals surface area (Å²) in [7, 11) is 1.75. The Kier molecular flexibility index (Phi) is 6.93. The number of hydrogen-bond acceptors (Lipinski definition) is 3. The van der Waals surface area contributed by atoms with Gasteiger partial charge in [-0.1, -0.05) is 38.1 Å². The summed E-state index contributed by atoms with van der Waals surface area (Å²) in [4.78, 5) is 13.3. The Balaban J connectivity index is 2.44. The van der Waals surface area contributed by atoms with Gasteiger partial charge >= 0.3 is 6.09 Å². The van der Waals surface area contributed by atoms with Crippen molar-refractivity contribution < 1.29 is 9.53 Å². The van der Waals surface area contributed by atoms with Crippen molar-refractivity contribution in [1.29, 1.82) is 0 Å². The van der Waals surface area contributed by atoms with E-state index in [-0.39, 0.29) is 12.1 Å². The lowest BCUT2D eigenvalue weighted by Crippen LogP contribution is -2.33. The van der Waals surface area contributed by atoms with E-state index in [0.717, 1.165) is 11.3 Å². The smallest absolute Gasteiger partial charge is 0.410 e. The second-order valence-corrected chi connectivity index (χ2v) is 7.00. The van der Waals surface area contributed by atoms with Crippen LogP contribution >= 0.6 is 11.8 Å². The highest BCUT2D eigenvalue weighted by atomic mass is 32.2. The molecule has 0 bridgehead atoms. The lowest BCUT2D eigenvalue weighted by molar-refractivity contribution is 0.0960. The van der Waals surface area contributed by atoms with Gasteiger partial charge in [-0.05, 0) is 30.2 Å². The number of nitrogens with zero attached hydrogens (tertiary/aromatic N) is 1. The Morgan fingerprint density at radius 2 is 1.70 bits per heavy atom. The van der Waals surface area contributed by atoms with E-state index in [0.29, 0.717) is 11.9 Å². The van der Waals surface area contributed by atoms with Gasteiger partial charge in [0.15, 0.2) is 0 Å². The van der Waals surface area contributed by atoms with Crippen molar-refractivity contribution in [3.8, 4) is 0 Å². The SMILES string of the molecule is CC(C)SCc1ccc(COC(=O)N(C)C(C)C)cc1. The van der Waals surface area contributed by atoms with E-state index in [9.17, 15) is 4.79 Å². The highest BCUT2D eigenvalue weighted by Crippen LogP contribution is 2.17. The molecule has 0 saturated carbocycles. The highest BCUT2D eigenvalue weighted by molar-refractivity contribution is 7.99. The fourth-order valence-electron chi connectivity index (χ4n) is 1.45. The van der Waals surface area contributed by atoms with Gasteiger partial charge in [-0.15, -0.1) is 0 Å². The van der Waals surface area contributed by atoms with Crippen LogP contribution in [0.2, 0.25) is 0 Å². The Labute approximate surface area is 126 Å². The molecule has 0 unspecified atom stereocenters. The quantitative estimate of drug-likeness (QED) is 0.783. The molecule has 0 aliphatic heterocycles. The molecule has 0 heterocycles. The number of ether oxygens (including phenoxy) is 1. The van der Waals surface area contributed by atoms with E-state index in [1.807, 2.05) is 37.7 Å². The van der Waals surface area contributed by atoms with Crippen LogP contribution in [0.25, 0.3) is 0 Å². The van der Waals surface area contributed by atoms with Crippen LogP contribution in [0.1, 0.15) is 38.8 Å². The van der Waals surface area contributed by atoms with Gasteiger partial charge in [0.25, 0.3) is 0 Å². The summed E-state index contributed by atoms with van der Waals surface area (Å²) in [6, 6.07) is 8.41. The maximum Gasteiger partial charge on any atom is 0.410 e. The standard InChI is InChI=1S/C16H25NO2S/c1-12(2)17(5)16(18)19-10-14-6-8-15(9-7-14)11-20-13(3)4/h6-9,12-13H,10-11H2,1-5H3. The molecule has 1 rings (SSSR count). The topological polar surface area (TPSA) is 29.5 Å². The van der Waals surface area contributed by atoms with E-state index in [1.165, 1.54) is 5.56 Å². The second kappa shape index (κ2) is 8.20. The Morgan fingerprint density at radius 3 is 2.20 bits per heavy atom. The van der Waals surface area contributed by atoms with Crippen molar-refractivity contribution in [2.75, 3.05) is 7.05 Å². The number of carbonyl (C=O) groups is 1. The molecule has 0 N–H and O–H groups in total. The van der Waals surface area contributed by atoms with Crippen LogP contribution in [0.5, 0.6) is 0 Å². The Hall–Kier alpha value is -1.16. The van der Waals surface area contributed by atoms with E-state index in [4.69, 9.17) is 4.74 Å². The third-order valence-corrected chi connectivity index (χ3v) is 4.20. The highest BCUT2D eigenvalue weighted by Gasteiger charge is 2.12. The molecule has 112 valence electrons. The molecule has 1 amide bonds.